The van der Waals surface area contributed by atoms with E-state index in [-0.39, 0.29) is 24.1 Å². The molecule has 2 aliphatic rings. The van der Waals surface area contributed by atoms with Crippen molar-refractivity contribution in [2.45, 2.75) is 41.7 Å². The van der Waals surface area contributed by atoms with Crippen LogP contribution in [0.3, 0.4) is 0 Å². The number of rotatable bonds is 5. The lowest BCUT2D eigenvalue weighted by molar-refractivity contribution is -0.137. The van der Waals surface area contributed by atoms with E-state index in [1.807, 2.05) is 18.2 Å². The van der Waals surface area contributed by atoms with Gasteiger partial charge in [-0.1, -0.05) is 30.3 Å². The van der Waals surface area contributed by atoms with Crippen molar-refractivity contribution in [3.05, 3.63) is 59.7 Å². The Morgan fingerprint density at radius 2 is 1.97 bits per heavy atom. The molecule has 164 valence electrons. The third kappa shape index (κ3) is 5.40. The Hall–Kier alpha value is -2.52. The summed E-state index contributed by atoms with van der Waals surface area (Å²) in [7, 11) is 0. The monoisotopic (exact) mass is 449 g/mol. The van der Waals surface area contributed by atoms with Crippen LogP contribution in [-0.4, -0.2) is 41.1 Å². The highest BCUT2D eigenvalue weighted by Crippen LogP contribution is 2.40. The Balaban J connectivity index is 1.30. The minimum Gasteiger partial charge on any atom is -0.352 e. The SMILES string of the molecule is O=C(C[C@@H]1Sc2ccc(C(F)(F)F)cc2NC1=O)N[C@H]1CCN(Cc2ccccc2)C1. The molecule has 0 bridgehead atoms. The van der Waals surface area contributed by atoms with Gasteiger partial charge in [-0.25, -0.2) is 0 Å². The van der Waals surface area contributed by atoms with Gasteiger partial charge >= 0.3 is 6.18 Å². The molecule has 5 nitrogen and oxygen atoms in total. The fraction of sp³-hybridized carbons (Fsp3) is 0.364. The number of nitrogens with zero attached hydrogens (tertiary/aromatic N) is 1. The van der Waals surface area contributed by atoms with Gasteiger partial charge in [-0.2, -0.15) is 13.2 Å². The van der Waals surface area contributed by atoms with Crippen LogP contribution in [0.4, 0.5) is 18.9 Å². The molecule has 1 saturated heterocycles. The summed E-state index contributed by atoms with van der Waals surface area (Å²) in [5, 5.41) is 4.83. The number of thioether (sulfide) groups is 1. The van der Waals surface area contributed by atoms with Gasteiger partial charge in [0.05, 0.1) is 16.5 Å². The summed E-state index contributed by atoms with van der Waals surface area (Å²) in [5.74, 6) is -0.682. The van der Waals surface area contributed by atoms with Crippen LogP contribution in [0.5, 0.6) is 0 Å². The molecule has 2 atom stereocenters. The Morgan fingerprint density at radius 3 is 2.71 bits per heavy atom. The van der Waals surface area contributed by atoms with E-state index in [2.05, 4.69) is 27.7 Å². The molecule has 2 aliphatic heterocycles. The molecule has 0 aliphatic carbocycles. The van der Waals surface area contributed by atoms with Crippen molar-refractivity contribution in [1.82, 2.24) is 10.2 Å². The second-order valence-corrected chi connectivity index (χ2v) is 9.03. The Kier molecular flexibility index (Phi) is 6.24. The zero-order valence-electron chi connectivity index (χ0n) is 16.6. The minimum atomic E-state index is -4.48. The van der Waals surface area contributed by atoms with Gasteiger partial charge in [-0.15, -0.1) is 11.8 Å². The molecule has 0 aromatic heterocycles. The lowest BCUT2D eigenvalue weighted by atomic mass is 10.1. The van der Waals surface area contributed by atoms with E-state index in [0.29, 0.717) is 4.90 Å². The summed E-state index contributed by atoms with van der Waals surface area (Å²) in [4.78, 5) is 27.7. The van der Waals surface area contributed by atoms with Crippen LogP contribution < -0.4 is 10.6 Å². The summed E-state index contributed by atoms with van der Waals surface area (Å²) < 4.78 is 38.6. The van der Waals surface area contributed by atoms with Gasteiger partial charge in [0.25, 0.3) is 0 Å². The van der Waals surface area contributed by atoms with Gasteiger partial charge in [-0.05, 0) is 30.2 Å². The van der Waals surface area contributed by atoms with E-state index >= 15 is 0 Å². The first-order chi connectivity index (χ1) is 14.8. The zero-order valence-corrected chi connectivity index (χ0v) is 17.4. The molecule has 0 spiro atoms. The van der Waals surface area contributed by atoms with E-state index in [1.54, 1.807) is 0 Å². The summed E-state index contributed by atoms with van der Waals surface area (Å²) in [6.45, 7) is 2.45. The van der Waals surface area contributed by atoms with Gasteiger partial charge in [0, 0.05) is 37.0 Å². The first-order valence-electron chi connectivity index (χ1n) is 10.0. The quantitative estimate of drug-likeness (QED) is 0.727. The van der Waals surface area contributed by atoms with Crippen molar-refractivity contribution in [2.24, 2.45) is 0 Å². The maximum Gasteiger partial charge on any atom is 0.416 e. The van der Waals surface area contributed by atoms with Crippen LogP contribution in [0.2, 0.25) is 0 Å². The summed E-state index contributed by atoms with van der Waals surface area (Å²) in [6.07, 6.45) is -3.66. The first kappa shape index (κ1) is 21.7. The fourth-order valence-electron chi connectivity index (χ4n) is 3.85. The molecule has 2 aromatic rings. The molecular formula is C22H22F3N3O2S. The van der Waals surface area contributed by atoms with Crippen LogP contribution in [0.15, 0.2) is 53.4 Å². The van der Waals surface area contributed by atoms with Gasteiger partial charge in [0.1, 0.15) is 0 Å². The van der Waals surface area contributed by atoms with Gasteiger partial charge in [0.2, 0.25) is 11.8 Å². The van der Waals surface area contributed by atoms with Crippen molar-refractivity contribution < 1.29 is 22.8 Å². The highest BCUT2D eigenvalue weighted by Gasteiger charge is 2.34. The summed E-state index contributed by atoms with van der Waals surface area (Å²) in [5.41, 5.74) is 0.538. The molecule has 9 heteroatoms. The number of benzene rings is 2. The van der Waals surface area contributed by atoms with E-state index in [1.165, 1.54) is 11.6 Å². The number of hydrogen-bond donors (Lipinski definition) is 2. The van der Waals surface area contributed by atoms with Crippen molar-refractivity contribution >= 4 is 29.3 Å². The Morgan fingerprint density at radius 1 is 1.19 bits per heavy atom. The highest BCUT2D eigenvalue weighted by atomic mass is 32.2. The average molecular weight is 449 g/mol. The lowest BCUT2D eigenvalue weighted by Crippen LogP contribution is -2.40. The van der Waals surface area contributed by atoms with E-state index in [0.717, 1.165) is 49.9 Å². The van der Waals surface area contributed by atoms with Gasteiger partial charge in [-0.3, -0.25) is 14.5 Å². The van der Waals surface area contributed by atoms with E-state index < -0.39 is 22.9 Å². The fourth-order valence-corrected chi connectivity index (χ4v) is 4.94. The molecule has 1 fully saturated rings. The minimum absolute atomic E-state index is 0.0217. The van der Waals surface area contributed by atoms with Crippen molar-refractivity contribution in [3.8, 4) is 0 Å². The largest absolute Gasteiger partial charge is 0.416 e. The van der Waals surface area contributed by atoms with Gasteiger partial charge < -0.3 is 10.6 Å². The second kappa shape index (κ2) is 8.92. The highest BCUT2D eigenvalue weighted by molar-refractivity contribution is 8.01. The number of alkyl halides is 3. The van der Waals surface area contributed by atoms with Crippen molar-refractivity contribution in [3.63, 3.8) is 0 Å². The smallest absolute Gasteiger partial charge is 0.352 e. The number of likely N-dealkylation sites (tertiary alicyclic amines) is 1. The predicted octanol–water partition coefficient (Wildman–Crippen LogP) is 3.90. The van der Waals surface area contributed by atoms with Crippen LogP contribution in [0.25, 0.3) is 0 Å². The van der Waals surface area contributed by atoms with Crippen LogP contribution in [0, 0.1) is 0 Å². The maximum absolute atomic E-state index is 12.9. The molecule has 2 N–H and O–H groups in total. The molecule has 2 heterocycles. The van der Waals surface area contributed by atoms with Crippen LogP contribution in [-0.2, 0) is 22.3 Å². The molecule has 2 aromatic carbocycles. The normalized spacial score (nSPS) is 21.5. The van der Waals surface area contributed by atoms with Crippen LogP contribution in [0.1, 0.15) is 24.0 Å². The lowest BCUT2D eigenvalue weighted by Gasteiger charge is -2.25. The number of hydrogen-bond acceptors (Lipinski definition) is 4. The third-order valence-corrected chi connectivity index (χ3v) is 6.66. The third-order valence-electron chi connectivity index (χ3n) is 5.38. The van der Waals surface area contributed by atoms with Crippen LogP contribution >= 0.6 is 11.8 Å². The van der Waals surface area contributed by atoms with Crippen molar-refractivity contribution in [2.75, 3.05) is 18.4 Å². The maximum atomic E-state index is 12.9. The molecule has 0 radical (unpaired) electrons. The van der Waals surface area contributed by atoms with Gasteiger partial charge in [0.15, 0.2) is 0 Å². The number of amides is 2. The Bertz CT molecular complexity index is 968. The standard InChI is InChI=1S/C22H22F3N3O2S/c23-22(24,25)15-6-7-18-17(10-15)27-21(30)19(31-18)11-20(29)26-16-8-9-28(13-16)12-14-4-2-1-3-5-14/h1-7,10,16,19H,8-9,11-13H2,(H,26,29)(H,27,30)/t16-,19-/m0/s1. The number of carbonyl (C=O) groups is 2. The molecule has 4 rings (SSSR count). The average Bonchev–Trinajstić information content (AvgIpc) is 3.14. The number of anilines is 1. The zero-order chi connectivity index (χ0) is 22.0. The number of halogens is 3. The molecule has 2 amide bonds. The summed E-state index contributed by atoms with van der Waals surface area (Å²) in [6, 6.07) is 13.4. The van der Waals surface area contributed by atoms with Crippen molar-refractivity contribution in [1.29, 1.82) is 0 Å². The molecular weight excluding hydrogens is 427 g/mol. The second-order valence-electron chi connectivity index (χ2n) is 7.78. The summed E-state index contributed by atoms with van der Waals surface area (Å²) >= 11 is 1.12. The molecule has 0 saturated carbocycles. The number of fused-ring (bicyclic) bond motifs is 1. The van der Waals surface area contributed by atoms with E-state index in [9.17, 15) is 22.8 Å². The number of carbonyl (C=O) groups excluding carboxylic acids is 2. The predicted molar refractivity (Wildman–Crippen MR) is 113 cm³/mol. The van der Waals surface area contributed by atoms with E-state index in [4.69, 9.17) is 0 Å². The first-order valence-corrected chi connectivity index (χ1v) is 10.9. The molecule has 31 heavy (non-hydrogen) atoms. The topological polar surface area (TPSA) is 61.4 Å². The number of nitrogens with one attached hydrogen (secondary N) is 2. The Labute approximate surface area is 182 Å². The molecule has 0 unspecified atom stereocenters.